The van der Waals surface area contributed by atoms with E-state index in [1.54, 1.807) is 6.07 Å². The summed E-state index contributed by atoms with van der Waals surface area (Å²) in [6.07, 6.45) is 2.51. The summed E-state index contributed by atoms with van der Waals surface area (Å²) in [6.45, 7) is 1.79. The largest absolute Gasteiger partial charge is 0.460 e. The number of hydrogen-bond donors (Lipinski definition) is 1. The van der Waals surface area contributed by atoms with Crippen LogP contribution < -0.4 is 5.43 Å². The molecule has 0 bridgehead atoms. The topological polar surface area (TPSA) is 92.0 Å². The van der Waals surface area contributed by atoms with Crippen LogP contribution in [-0.4, -0.2) is 38.4 Å². The van der Waals surface area contributed by atoms with Gasteiger partial charge >= 0.3 is 0 Å². The van der Waals surface area contributed by atoms with Crippen LogP contribution in [0.1, 0.15) is 30.8 Å². The highest BCUT2D eigenvalue weighted by molar-refractivity contribution is 7.89. The molecule has 0 radical (unpaired) electrons. The van der Waals surface area contributed by atoms with Gasteiger partial charge in [-0.2, -0.15) is 9.41 Å². The molecule has 1 aromatic carbocycles. The first-order valence-electron chi connectivity index (χ1n) is 8.41. The predicted molar refractivity (Wildman–Crippen MR) is 102 cm³/mol. The molecule has 1 amide bonds. The van der Waals surface area contributed by atoms with Gasteiger partial charge in [0.25, 0.3) is 5.91 Å². The number of carbonyl (C=O) groups is 1. The summed E-state index contributed by atoms with van der Waals surface area (Å²) < 4.78 is 31.4. The van der Waals surface area contributed by atoms with Crippen molar-refractivity contribution >= 4 is 33.7 Å². The first-order valence-corrected chi connectivity index (χ1v) is 10.2. The summed E-state index contributed by atoms with van der Waals surface area (Å²) in [5.74, 6) is 2.00. The molecule has 1 fully saturated rings. The smallest absolute Gasteiger partial charge is 0.255 e. The average Bonchev–Trinajstić information content (AvgIpc) is 3.16. The molecule has 1 aliphatic rings. The molecule has 9 heteroatoms. The number of likely N-dealkylation sites (N-methyl/N-ethyl adjacent to an activating group) is 1. The van der Waals surface area contributed by atoms with Crippen LogP contribution in [0.4, 0.5) is 0 Å². The SMILES string of the molecule is C[C@H]1C[C@H]1c1ccc(/C=N\NC(=O)CN(C)S(=O)(=O)c2ccc(Cl)cc2)o1. The molecule has 144 valence electrons. The van der Waals surface area contributed by atoms with Crippen molar-refractivity contribution in [1.29, 1.82) is 0 Å². The quantitative estimate of drug-likeness (QED) is 0.562. The number of furan rings is 1. The van der Waals surface area contributed by atoms with E-state index in [1.807, 2.05) is 6.07 Å². The van der Waals surface area contributed by atoms with Crippen LogP contribution in [0.5, 0.6) is 0 Å². The van der Waals surface area contributed by atoms with E-state index in [9.17, 15) is 13.2 Å². The van der Waals surface area contributed by atoms with Gasteiger partial charge in [-0.3, -0.25) is 4.79 Å². The van der Waals surface area contributed by atoms with Crippen molar-refractivity contribution in [3.8, 4) is 0 Å². The van der Waals surface area contributed by atoms with Crippen LogP contribution in [0.3, 0.4) is 0 Å². The van der Waals surface area contributed by atoms with Crippen LogP contribution in [0.15, 0.2) is 50.8 Å². The lowest BCUT2D eigenvalue weighted by Crippen LogP contribution is -2.36. The van der Waals surface area contributed by atoms with Crippen molar-refractivity contribution in [3.63, 3.8) is 0 Å². The number of halogens is 1. The minimum atomic E-state index is -3.79. The van der Waals surface area contributed by atoms with Crippen molar-refractivity contribution in [1.82, 2.24) is 9.73 Å². The maximum Gasteiger partial charge on any atom is 0.255 e. The molecule has 1 aromatic heterocycles. The molecule has 0 aliphatic heterocycles. The Labute approximate surface area is 163 Å². The standard InChI is InChI=1S/C18H20ClN3O4S/c1-12-9-16(12)17-8-5-14(26-17)10-20-21-18(23)11-22(2)27(24,25)15-6-3-13(19)4-7-15/h3-8,10,12,16H,9,11H2,1-2H3,(H,21,23)/b20-10-/t12-,16+/m0/s1. The minimum Gasteiger partial charge on any atom is -0.460 e. The van der Waals surface area contributed by atoms with Gasteiger partial charge in [-0.1, -0.05) is 18.5 Å². The number of nitrogens with one attached hydrogen (secondary N) is 1. The summed E-state index contributed by atoms with van der Waals surface area (Å²) in [4.78, 5) is 12.0. The molecule has 1 N–H and O–H groups in total. The van der Waals surface area contributed by atoms with Gasteiger partial charge < -0.3 is 4.42 Å². The number of benzene rings is 1. The fourth-order valence-electron chi connectivity index (χ4n) is 2.63. The van der Waals surface area contributed by atoms with Gasteiger partial charge in [0, 0.05) is 18.0 Å². The van der Waals surface area contributed by atoms with Crippen molar-refractivity contribution in [2.75, 3.05) is 13.6 Å². The van der Waals surface area contributed by atoms with Gasteiger partial charge in [-0.15, -0.1) is 0 Å². The predicted octanol–water partition coefficient (Wildman–Crippen LogP) is 2.83. The third kappa shape index (κ3) is 4.77. The molecule has 1 saturated carbocycles. The van der Waals surface area contributed by atoms with E-state index in [1.165, 1.54) is 37.5 Å². The highest BCUT2D eigenvalue weighted by atomic mass is 35.5. The second-order valence-electron chi connectivity index (χ2n) is 6.57. The van der Waals surface area contributed by atoms with Crippen molar-refractivity contribution < 1.29 is 17.6 Å². The van der Waals surface area contributed by atoms with Gasteiger partial charge in [0.05, 0.1) is 17.7 Å². The van der Waals surface area contributed by atoms with E-state index >= 15 is 0 Å². The lowest BCUT2D eigenvalue weighted by molar-refractivity contribution is -0.121. The van der Waals surface area contributed by atoms with Gasteiger partial charge in [0.1, 0.15) is 11.5 Å². The number of hydrazone groups is 1. The van der Waals surface area contributed by atoms with E-state index in [-0.39, 0.29) is 11.4 Å². The zero-order chi connectivity index (χ0) is 19.6. The maximum atomic E-state index is 12.4. The Morgan fingerprint density at radius 3 is 2.63 bits per heavy atom. The zero-order valence-corrected chi connectivity index (χ0v) is 16.5. The van der Waals surface area contributed by atoms with Crippen molar-refractivity contribution in [2.45, 2.75) is 24.2 Å². The maximum absolute atomic E-state index is 12.4. The highest BCUT2D eigenvalue weighted by Gasteiger charge is 2.36. The third-order valence-electron chi connectivity index (χ3n) is 4.39. The minimum absolute atomic E-state index is 0.0584. The molecular weight excluding hydrogens is 390 g/mol. The Morgan fingerprint density at radius 2 is 2.00 bits per heavy atom. The van der Waals surface area contributed by atoms with Crippen molar-refractivity contribution in [3.05, 3.63) is 52.9 Å². The van der Waals surface area contributed by atoms with Crippen LogP contribution in [-0.2, 0) is 14.8 Å². The second kappa shape index (κ2) is 7.84. The average molecular weight is 410 g/mol. The molecule has 2 atom stereocenters. The number of nitrogens with zero attached hydrogens (tertiary/aromatic N) is 2. The first kappa shape index (κ1) is 19.6. The summed E-state index contributed by atoms with van der Waals surface area (Å²) in [5, 5.41) is 4.25. The lowest BCUT2D eigenvalue weighted by atomic mass is 10.3. The Balaban J connectivity index is 1.53. The number of carbonyl (C=O) groups excluding carboxylic acids is 1. The van der Waals surface area contributed by atoms with Gasteiger partial charge in [-0.05, 0) is 48.7 Å². The summed E-state index contributed by atoms with van der Waals surface area (Å²) in [6, 6.07) is 9.43. The fourth-order valence-corrected chi connectivity index (χ4v) is 3.89. The van der Waals surface area contributed by atoms with Crippen LogP contribution in [0.2, 0.25) is 5.02 Å². The van der Waals surface area contributed by atoms with E-state index < -0.39 is 15.9 Å². The Kier molecular flexibility index (Phi) is 5.69. The Morgan fingerprint density at radius 1 is 1.33 bits per heavy atom. The Bertz CT molecular complexity index is 953. The van der Waals surface area contributed by atoms with E-state index in [0.717, 1.165) is 16.5 Å². The molecule has 3 rings (SSSR count). The van der Waals surface area contributed by atoms with Gasteiger partial charge in [0.2, 0.25) is 10.0 Å². The number of sulfonamides is 1. The normalized spacial score (nSPS) is 19.6. The molecule has 1 heterocycles. The number of hydrogen-bond acceptors (Lipinski definition) is 5. The lowest BCUT2D eigenvalue weighted by Gasteiger charge is -2.16. The van der Waals surface area contributed by atoms with Gasteiger partial charge in [0.15, 0.2) is 0 Å². The molecule has 0 saturated heterocycles. The van der Waals surface area contributed by atoms with E-state index in [2.05, 4.69) is 17.5 Å². The molecule has 0 spiro atoms. The molecule has 7 nitrogen and oxygen atoms in total. The molecule has 1 aliphatic carbocycles. The molecular formula is C18H20ClN3O4S. The third-order valence-corrected chi connectivity index (χ3v) is 6.46. The molecule has 27 heavy (non-hydrogen) atoms. The Hall–Kier alpha value is -2.16. The monoisotopic (exact) mass is 409 g/mol. The fraction of sp³-hybridized carbons (Fsp3) is 0.333. The molecule has 2 aromatic rings. The second-order valence-corrected chi connectivity index (χ2v) is 9.05. The first-order chi connectivity index (χ1) is 12.8. The summed E-state index contributed by atoms with van der Waals surface area (Å²) >= 11 is 5.77. The van der Waals surface area contributed by atoms with E-state index in [0.29, 0.717) is 22.6 Å². The zero-order valence-electron chi connectivity index (χ0n) is 14.9. The van der Waals surface area contributed by atoms with E-state index in [4.69, 9.17) is 16.0 Å². The summed E-state index contributed by atoms with van der Waals surface area (Å²) in [5.41, 5.74) is 2.30. The molecule has 0 unspecified atom stereocenters. The van der Waals surface area contributed by atoms with Crippen LogP contribution >= 0.6 is 11.6 Å². The van der Waals surface area contributed by atoms with Gasteiger partial charge in [-0.25, -0.2) is 13.8 Å². The highest BCUT2D eigenvalue weighted by Crippen LogP contribution is 2.47. The van der Waals surface area contributed by atoms with Crippen molar-refractivity contribution in [2.24, 2.45) is 11.0 Å². The number of rotatable bonds is 7. The van der Waals surface area contributed by atoms with Crippen LogP contribution in [0.25, 0.3) is 0 Å². The van der Waals surface area contributed by atoms with Crippen LogP contribution in [0, 0.1) is 5.92 Å². The number of amides is 1. The summed E-state index contributed by atoms with van der Waals surface area (Å²) in [7, 11) is -2.47.